The quantitative estimate of drug-likeness (QED) is 0.499. The van der Waals surface area contributed by atoms with E-state index in [-0.39, 0.29) is 11.4 Å². The van der Waals surface area contributed by atoms with E-state index in [1.165, 1.54) is 5.48 Å². The van der Waals surface area contributed by atoms with Crippen LogP contribution in [0.2, 0.25) is 0 Å². The van der Waals surface area contributed by atoms with Gasteiger partial charge >= 0.3 is 0 Å². The second kappa shape index (κ2) is 7.29. The molecule has 1 heterocycles. The molecule has 5 nitrogen and oxygen atoms in total. The molecular weight excluding hydrogens is 383 g/mol. The van der Waals surface area contributed by atoms with Crippen LogP contribution < -0.4 is 5.48 Å². The summed E-state index contributed by atoms with van der Waals surface area (Å²) in [5.41, 5.74) is 0.671. The molecule has 3 atom stereocenters. The molecular formula is C21H16F3N3O2. The first-order valence-electron chi connectivity index (χ1n) is 8.85. The maximum atomic E-state index is 15.5. The van der Waals surface area contributed by atoms with Gasteiger partial charge in [-0.3, -0.25) is 10.0 Å². The summed E-state index contributed by atoms with van der Waals surface area (Å²) in [6.45, 7) is 0. The summed E-state index contributed by atoms with van der Waals surface area (Å²) in [7, 11) is 0. The molecule has 2 N–H and O–H groups in total. The van der Waals surface area contributed by atoms with E-state index >= 15 is 4.39 Å². The molecule has 1 aliphatic rings. The Morgan fingerprint density at radius 2 is 1.52 bits per heavy atom. The van der Waals surface area contributed by atoms with Crippen molar-refractivity contribution in [3.05, 3.63) is 83.7 Å². The highest BCUT2D eigenvalue weighted by Gasteiger charge is 2.72. The molecule has 1 aromatic heterocycles. The van der Waals surface area contributed by atoms with E-state index in [1.807, 2.05) is 0 Å². The van der Waals surface area contributed by atoms with E-state index in [0.29, 0.717) is 16.7 Å². The van der Waals surface area contributed by atoms with Gasteiger partial charge in [0.2, 0.25) is 5.67 Å². The molecule has 1 aliphatic carbocycles. The summed E-state index contributed by atoms with van der Waals surface area (Å²) >= 11 is 0. The highest BCUT2D eigenvalue weighted by molar-refractivity contribution is 5.92. The zero-order valence-electron chi connectivity index (χ0n) is 15.0. The van der Waals surface area contributed by atoms with Crippen molar-refractivity contribution in [1.29, 1.82) is 0 Å². The Labute approximate surface area is 164 Å². The third-order valence-electron chi connectivity index (χ3n) is 5.19. The largest absolute Gasteiger partial charge is 0.289 e. The average Bonchev–Trinajstić information content (AvgIpc) is 3.40. The Morgan fingerprint density at radius 3 is 2.03 bits per heavy atom. The fourth-order valence-corrected chi connectivity index (χ4v) is 3.70. The number of rotatable bonds is 5. The molecule has 1 fully saturated rings. The second-order valence-corrected chi connectivity index (χ2v) is 6.84. The van der Waals surface area contributed by atoms with Crippen LogP contribution in [-0.2, 0) is 4.79 Å². The number of nitrogens with zero attached hydrogens (tertiary/aromatic N) is 2. The number of hydroxylamine groups is 1. The number of nitrogens with one attached hydrogen (secondary N) is 1. The summed E-state index contributed by atoms with van der Waals surface area (Å²) in [6.07, 6.45) is -0.525. The summed E-state index contributed by atoms with van der Waals surface area (Å²) in [6, 6.07) is 15.3. The number of carbonyl (C=O) groups excluding carboxylic acids is 1. The molecule has 29 heavy (non-hydrogen) atoms. The van der Waals surface area contributed by atoms with Gasteiger partial charge in [0.25, 0.3) is 12.3 Å². The molecule has 0 bridgehead atoms. The van der Waals surface area contributed by atoms with Gasteiger partial charge in [-0.05, 0) is 11.1 Å². The number of hydrogen-bond donors (Lipinski definition) is 2. The van der Waals surface area contributed by atoms with Crippen molar-refractivity contribution in [2.45, 2.75) is 23.9 Å². The zero-order valence-corrected chi connectivity index (χ0v) is 15.0. The molecule has 3 aromatic rings. The number of alkyl halides is 3. The topological polar surface area (TPSA) is 75.1 Å². The Kier molecular flexibility index (Phi) is 4.79. The molecule has 0 unspecified atom stereocenters. The minimum Gasteiger partial charge on any atom is -0.289 e. The maximum Gasteiger partial charge on any atom is 0.282 e. The van der Waals surface area contributed by atoms with Gasteiger partial charge in [0.15, 0.2) is 5.82 Å². The van der Waals surface area contributed by atoms with Crippen LogP contribution in [0.1, 0.15) is 35.0 Å². The number of aromatic nitrogens is 2. The molecule has 8 heteroatoms. The first-order chi connectivity index (χ1) is 14.0. The first-order valence-corrected chi connectivity index (χ1v) is 8.85. The standard InChI is InChI=1S/C21H16F3N3O2/c22-18(23)15-10-25-19(26-11-15)14-8-6-13(7-9-14)17-16(12-4-2-1-3-5-12)21(17,24)20(28)27-29/h1-11,16-18,29H,(H,27,28)/t16-,17-,21+/m1/s1. The minimum atomic E-state index is -2.65. The predicted molar refractivity (Wildman–Crippen MR) is 98.1 cm³/mol. The maximum absolute atomic E-state index is 15.5. The number of hydrogen-bond acceptors (Lipinski definition) is 4. The highest BCUT2D eigenvalue weighted by atomic mass is 19.3. The molecule has 1 amide bonds. The van der Waals surface area contributed by atoms with Crippen molar-refractivity contribution in [2.75, 3.05) is 0 Å². The van der Waals surface area contributed by atoms with Crippen LogP contribution in [0, 0.1) is 0 Å². The Balaban J connectivity index is 1.63. The van der Waals surface area contributed by atoms with E-state index in [1.54, 1.807) is 54.6 Å². The fraction of sp³-hybridized carbons (Fsp3) is 0.190. The van der Waals surface area contributed by atoms with Crippen LogP contribution in [-0.4, -0.2) is 26.8 Å². The summed E-state index contributed by atoms with van der Waals surface area (Å²) in [5.74, 6) is -2.33. The van der Waals surface area contributed by atoms with Crippen molar-refractivity contribution in [3.8, 4) is 11.4 Å². The van der Waals surface area contributed by atoms with E-state index in [4.69, 9.17) is 5.21 Å². The van der Waals surface area contributed by atoms with Crippen molar-refractivity contribution < 1.29 is 23.2 Å². The van der Waals surface area contributed by atoms with Gasteiger partial charge in [0, 0.05) is 29.8 Å². The van der Waals surface area contributed by atoms with Crippen LogP contribution >= 0.6 is 0 Å². The van der Waals surface area contributed by atoms with E-state index in [9.17, 15) is 13.6 Å². The van der Waals surface area contributed by atoms with Gasteiger partial charge in [0.05, 0.1) is 5.56 Å². The summed E-state index contributed by atoms with van der Waals surface area (Å²) < 4.78 is 40.7. The molecule has 4 rings (SSSR count). The number of benzene rings is 2. The minimum absolute atomic E-state index is 0.260. The fourth-order valence-electron chi connectivity index (χ4n) is 3.70. The second-order valence-electron chi connectivity index (χ2n) is 6.84. The number of amides is 1. The van der Waals surface area contributed by atoms with Crippen LogP contribution in [0.5, 0.6) is 0 Å². The molecule has 0 saturated heterocycles. The molecule has 0 radical (unpaired) electrons. The molecule has 0 spiro atoms. The molecule has 0 aliphatic heterocycles. The summed E-state index contributed by atoms with van der Waals surface area (Å²) in [5, 5.41) is 8.98. The summed E-state index contributed by atoms with van der Waals surface area (Å²) in [4.78, 5) is 19.9. The predicted octanol–water partition coefficient (Wildman–Crippen LogP) is 4.18. The van der Waals surface area contributed by atoms with E-state index in [2.05, 4.69) is 9.97 Å². The van der Waals surface area contributed by atoms with Crippen LogP contribution in [0.25, 0.3) is 11.4 Å². The Bertz CT molecular complexity index is 1010. The third kappa shape index (κ3) is 3.25. The smallest absolute Gasteiger partial charge is 0.282 e. The van der Waals surface area contributed by atoms with E-state index < -0.39 is 29.8 Å². The van der Waals surface area contributed by atoms with Gasteiger partial charge in [0.1, 0.15) is 0 Å². The average molecular weight is 399 g/mol. The van der Waals surface area contributed by atoms with Crippen LogP contribution in [0.15, 0.2) is 67.0 Å². The monoisotopic (exact) mass is 399 g/mol. The first kappa shape index (κ1) is 19.1. The van der Waals surface area contributed by atoms with Gasteiger partial charge in [-0.15, -0.1) is 0 Å². The van der Waals surface area contributed by atoms with Crippen molar-refractivity contribution in [1.82, 2.24) is 15.4 Å². The SMILES string of the molecule is O=C(NO)[C@]1(F)[C@H](c2ccccc2)[C@H]1c1ccc(-c2ncc(C(F)F)cn2)cc1. The van der Waals surface area contributed by atoms with Crippen molar-refractivity contribution >= 4 is 5.91 Å². The Hall–Kier alpha value is -3.26. The van der Waals surface area contributed by atoms with Crippen molar-refractivity contribution in [2.24, 2.45) is 0 Å². The van der Waals surface area contributed by atoms with Gasteiger partial charge in [-0.1, -0.05) is 54.6 Å². The lowest BCUT2D eigenvalue weighted by Crippen LogP contribution is -2.33. The molecule has 148 valence electrons. The molecule has 1 saturated carbocycles. The van der Waals surface area contributed by atoms with Crippen LogP contribution in [0.3, 0.4) is 0 Å². The molecule has 2 aromatic carbocycles. The normalized spacial score (nSPS) is 23.1. The lowest BCUT2D eigenvalue weighted by Gasteiger charge is -2.06. The number of halogens is 3. The highest BCUT2D eigenvalue weighted by Crippen LogP contribution is 2.66. The van der Waals surface area contributed by atoms with Gasteiger partial charge in [-0.25, -0.2) is 28.6 Å². The lowest BCUT2D eigenvalue weighted by atomic mass is 10.0. The van der Waals surface area contributed by atoms with Crippen molar-refractivity contribution in [3.63, 3.8) is 0 Å². The third-order valence-corrected chi connectivity index (χ3v) is 5.19. The van der Waals surface area contributed by atoms with Crippen LogP contribution in [0.4, 0.5) is 13.2 Å². The Morgan fingerprint density at radius 1 is 0.966 bits per heavy atom. The number of carbonyl (C=O) groups is 1. The zero-order chi connectivity index (χ0) is 20.6. The van der Waals surface area contributed by atoms with Gasteiger partial charge in [-0.2, -0.15) is 0 Å². The van der Waals surface area contributed by atoms with E-state index in [0.717, 1.165) is 12.4 Å². The lowest BCUT2D eigenvalue weighted by molar-refractivity contribution is -0.136. The van der Waals surface area contributed by atoms with Gasteiger partial charge < -0.3 is 0 Å².